The first-order chi connectivity index (χ1) is 27.9. The van der Waals surface area contributed by atoms with Gasteiger partial charge in [-0.3, -0.25) is 4.79 Å². The van der Waals surface area contributed by atoms with Gasteiger partial charge >= 0.3 is 0 Å². The number of rotatable bonds is 23. The number of aliphatic hydroxyl groups excluding tert-OH is 3. The topological polar surface area (TPSA) is 151 Å². The highest BCUT2D eigenvalue weighted by Gasteiger charge is 2.65. The third kappa shape index (κ3) is 10.3. The van der Waals surface area contributed by atoms with Crippen LogP contribution in [0, 0.1) is 23.7 Å². The summed E-state index contributed by atoms with van der Waals surface area (Å²) in [4.78, 5) is 22.8. The fourth-order valence-corrected chi connectivity index (χ4v) is 9.97. The third-order valence-corrected chi connectivity index (χ3v) is 12.6. The number of hydrogen-bond donors (Lipinski definition) is 4. The zero-order chi connectivity index (χ0) is 40.0. The molecule has 0 spiro atoms. The molecular weight excluding hydrogens is 725 g/mol. The highest BCUT2D eigenvalue weighted by molar-refractivity contribution is 6.03. The van der Waals surface area contributed by atoms with E-state index >= 15 is 0 Å². The number of allylic oxidation sites excluding steroid dienone is 1. The normalized spacial score (nSPS) is 26.0. The number of carbonyl (C=O) groups is 1. The second-order valence-electron chi connectivity index (χ2n) is 16.2. The number of unbranched alkanes of at least 4 members (excludes halogenated alkanes) is 2. The third-order valence-electron chi connectivity index (χ3n) is 12.6. The molecule has 57 heavy (non-hydrogen) atoms. The molecule has 2 aromatic rings. The van der Waals surface area contributed by atoms with Crippen LogP contribution < -0.4 is 4.74 Å². The van der Waals surface area contributed by atoms with Gasteiger partial charge in [-0.2, -0.15) is 0 Å². The van der Waals surface area contributed by atoms with Crippen LogP contribution in [0.1, 0.15) is 101 Å². The van der Waals surface area contributed by atoms with E-state index in [1.54, 1.807) is 12.1 Å². The molecule has 0 saturated heterocycles. The van der Waals surface area contributed by atoms with Gasteiger partial charge in [0.1, 0.15) is 24.1 Å². The number of benzene rings is 2. The van der Waals surface area contributed by atoms with Gasteiger partial charge in [-0.05, 0) is 79.2 Å². The zero-order valence-corrected chi connectivity index (χ0v) is 33.5. The van der Waals surface area contributed by atoms with E-state index in [1.807, 2.05) is 47.4 Å². The number of amides is 1. The Labute approximate surface area is 338 Å². The molecule has 0 aromatic heterocycles. The molecular formula is C46H64N2O9. The average Bonchev–Trinajstić information content (AvgIpc) is 3.75. The van der Waals surface area contributed by atoms with Crippen LogP contribution in [0.5, 0.6) is 11.5 Å². The number of nitrogens with zero attached hydrogens (tertiary/aromatic N) is 2. The first-order valence-electron chi connectivity index (χ1n) is 21.3. The number of oxime groups is 1. The molecule has 1 heterocycles. The fraction of sp³-hybridized carbons (Fsp3) is 0.609. The summed E-state index contributed by atoms with van der Waals surface area (Å²) in [7, 11) is 0. The van der Waals surface area contributed by atoms with Crippen molar-refractivity contribution in [2.24, 2.45) is 28.8 Å². The lowest BCUT2D eigenvalue weighted by molar-refractivity contribution is -0.258. The molecule has 6 rings (SSSR count). The molecule has 0 bridgehead atoms. The van der Waals surface area contributed by atoms with Crippen LogP contribution in [0.3, 0.4) is 0 Å². The summed E-state index contributed by atoms with van der Waals surface area (Å²) in [6.07, 6.45) is 14.8. The summed E-state index contributed by atoms with van der Waals surface area (Å²) in [5, 5.41) is 45.1. The summed E-state index contributed by atoms with van der Waals surface area (Å²) in [5.41, 5.74) is 3.53. The van der Waals surface area contributed by atoms with Crippen molar-refractivity contribution in [3.63, 3.8) is 0 Å². The molecule has 6 atom stereocenters. The summed E-state index contributed by atoms with van der Waals surface area (Å²) >= 11 is 0. The van der Waals surface area contributed by atoms with E-state index in [4.69, 9.17) is 24.2 Å². The molecule has 11 heteroatoms. The van der Waals surface area contributed by atoms with Crippen LogP contribution in [-0.4, -0.2) is 95.0 Å². The summed E-state index contributed by atoms with van der Waals surface area (Å²) in [6.45, 7) is 5.18. The summed E-state index contributed by atoms with van der Waals surface area (Å²) in [5.74, 6) is -0.656. The van der Waals surface area contributed by atoms with Crippen LogP contribution in [-0.2, 0) is 25.7 Å². The van der Waals surface area contributed by atoms with E-state index in [-0.39, 0.29) is 82.2 Å². The van der Waals surface area contributed by atoms with Crippen LogP contribution in [0.25, 0.3) is 0 Å². The van der Waals surface area contributed by atoms with E-state index in [9.17, 15) is 25.2 Å². The largest absolute Gasteiger partial charge is 0.508 e. The van der Waals surface area contributed by atoms with Crippen molar-refractivity contribution in [1.82, 2.24) is 4.90 Å². The van der Waals surface area contributed by atoms with Gasteiger partial charge in [-0.15, -0.1) is 6.58 Å². The number of hydrogen-bond acceptors (Lipinski definition) is 10. The van der Waals surface area contributed by atoms with E-state index < -0.39 is 17.7 Å². The molecule has 4 N–H and O–H groups in total. The van der Waals surface area contributed by atoms with Crippen molar-refractivity contribution >= 4 is 11.6 Å². The van der Waals surface area contributed by atoms with Gasteiger partial charge in [0.15, 0.2) is 0 Å². The Morgan fingerprint density at radius 1 is 0.965 bits per heavy atom. The van der Waals surface area contributed by atoms with Gasteiger partial charge in [-0.1, -0.05) is 86.2 Å². The Bertz CT molecular complexity index is 1640. The number of carbonyl (C=O) groups excluding carboxylic acids is 1. The van der Waals surface area contributed by atoms with Crippen molar-refractivity contribution in [2.75, 3.05) is 46.2 Å². The van der Waals surface area contributed by atoms with Crippen molar-refractivity contribution < 1.29 is 44.3 Å². The second kappa shape index (κ2) is 21.3. The molecule has 2 aromatic carbocycles. The van der Waals surface area contributed by atoms with Gasteiger partial charge in [0, 0.05) is 44.1 Å². The van der Waals surface area contributed by atoms with Crippen LogP contribution >= 0.6 is 0 Å². The first kappa shape index (κ1) is 42.9. The molecule has 0 unspecified atom stereocenters. The maximum absolute atomic E-state index is 14.8. The average molecular weight is 789 g/mol. The molecule has 1 aliphatic heterocycles. The van der Waals surface area contributed by atoms with Crippen molar-refractivity contribution in [3.05, 3.63) is 84.0 Å². The molecule has 0 radical (unpaired) electrons. The van der Waals surface area contributed by atoms with Gasteiger partial charge in [0.2, 0.25) is 11.7 Å². The molecule has 1 amide bonds. The summed E-state index contributed by atoms with van der Waals surface area (Å²) < 4.78 is 20.1. The van der Waals surface area contributed by atoms with Crippen molar-refractivity contribution in [1.29, 1.82) is 0 Å². The maximum atomic E-state index is 14.8. The lowest BCUT2D eigenvalue weighted by Gasteiger charge is -2.60. The number of fused-ring (bicyclic) bond motifs is 2. The number of ether oxygens (including phenoxy) is 3. The minimum atomic E-state index is -1.38. The number of phenols is 1. The maximum Gasteiger partial charge on any atom is 0.239 e. The smallest absolute Gasteiger partial charge is 0.239 e. The van der Waals surface area contributed by atoms with E-state index in [0.717, 1.165) is 67.4 Å². The Hall–Kier alpha value is -3.74. The van der Waals surface area contributed by atoms with Gasteiger partial charge in [-0.25, -0.2) is 0 Å². The monoisotopic (exact) mass is 788 g/mol. The Morgan fingerprint density at radius 2 is 1.74 bits per heavy atom. The number of aromatic hydroxyl groups is 1. The zero-order valence-electron chi connectivity index (χ0n) is 33.5. The molecule has 2 saturated carbocycles. The van der Waals surface area contributed by atoms with Crippen LogP contribution in [0.4, 0.5) is 0 Å². The molecule has 2 fully saturated rings. The Kier molecular flexibility index (Phi) is 16.0. The van der Waals surface area contributed by atoms with E-state index in [2.05, 4.69) is 12.7 Å². The number of phenolic OH excluding ortho intramolecular Hbond substituents is 1. The number of aliphatic hydroxyl groups is 3. The minimum absolute atomic E-state index is 0.00750. The van der Waals surface area contributed by atoms with E-state index in [0.29, 0.717) is 37.4 Å². The minimum Gasteiger partial charge on any atom is -0.508 e. The molecule has 4 aliphatic rings. The van der Waals surface area contributed by atoms with Crippen LogP contribution in [0.2, 0.25) is 0 Å². The molecule has 11 nitrogen and oxygen atoms in total. The molecule has 3 aliphatic carbocycles. The predicted molar refractivity (Wildman–Crippen MR) is 219 cm³/mol. The quantitative estimate of drug-likeness (QED) is 0.0529. The SMILES string of the molecule is C=CCO[C@@]12Oc3ccc(O)cc3[C@H]3[C@H](CCCCO)[C@@H](CCCCO)C=C(C(=NOCc4ccccc4)C[C@@H]1N(CCOCCO)C(=O)CCC1CCCC1)[C@H]32. The fourth-order valence-electron chi connectivity index (χ4n) is 9.97. The van der Waals surface area contributed by atoms with Crippen molar-refractivity contribution in [2.45, 2.75) is 108 Å². The van der Waals surface area contributed by atoms with Gasteiger partial charge < -0.3 is 44.4 Å². The standard InChI is InChI=1S/C46H64N2O9/c1-2-26-55-46-42(48(22-27-54-28-25-51)43(53)21-18-33-12-6-7-13-33)31-40(47-56-32-34-14-4-3-5-15-34)38-29-35(16-8-10-23-49)37(17-9-11-24-50)44(45(38)46)39-30-36(52)19-20-41(39)57-46/h2-5,14-15,19-20,29-30,33,35,37,42,44-45,49-52H,1,6-13,16-18,21-28,31-32H2/t35-,37+,42-,44+,45+,46+/m0/s1. The second-order valence-corrected chi connectivity index (χ2v) is 16.2. The van der Waals surface area contributed by atoms with Crippen molar-refractivity contribution in [3.8, 4) is 11.5 Å². The molecule has 312 valence electrons. The Balaban J connectivity index is 1.52. The lowest BCUT2D eigenvalue weighted by Crippen LogP contribution is -2.70. The van der Waals surface area contributed by atoms with E-state index in [1.165, 1.54) is 12.8 Å². The predicted octanol–water partition coefficient (Wildman–Crippen LogP) is 7.03. The summed E-state index contributed by atoms with van der Waals surface area (Å²) in [6, 6.07) is 14.5. The lowest BCUT2D eigenvalue weighted by atomic mass is 9.55. The highest BCUT2D eigenvalue weighted by atomic mass is 16.7. The van der Waals surface area contributed by atoms with Crippen LogP contribution in [0.15, 0.2) is 78.0 Å². The van der Waals surface area contributed by atoms with Gasteiger partial charge in [0.25, 0.3) is 0 Å². The first-order valence-corrected chi connectivity index (χ1v) is 21.3. The van der Waals surface area contributed by atoms with Gasteiger partial charge in [0.05, 0.1) is 38.1 Å². The highest BCUT2D eigenvalue weighted by Crippen LogP contribution is 2.62. The Morgan fingerprint density at radius 3 is 2.47 bits per heavy atom.